The van der Waals surface area contributed by atoms with Crippen LogP contribution in [0.25, 0.3) is 0 Å². The molecule has 0 fully saturated rings. The van der Waals surface area contributed by atoms with Crippen molar-refractivity contribution in [3.63, 3.8) is 0 Å². The van der Waals surface area contributed by atoms with Crippen LogP contribution >= 0.6 is 11.6 Å². The smallest absolute Gasteiger partial charge is 0.344 e. The minimum absolute atomic E-state index is 0.0578. The molecule has 27 heavy (non-hydrogen) atoms. The van der Waals surface area contributed by atoms with E-state index in [-0.39, 0.29) is 18.9 Å². The fourth-order valence-electron chi connectivity index (χ4n) is 2.18. The number of ether oxygens (including phenoxy) is 2. The third-order valence-corrected chi connectivity index (χ3v) is 4.07. The van der Waals surface area contributed by atoms with Gasteiger partial charge in [-0.3, -0.25) is 9.59 Å². The highest BCUT2D eigenvalue weighted by Gasteiger charge is 2.18. The number of esters is 1. The van der Waals surface area contributed by atoms with E-state index in [1.54, 1.807) is 42.5 Å². The van der Waals surface area contributed by atoms with Crippen LogP contribution in [0.5, 0.6) is 5.75 Å². The molecule has 2 aromatic carbocycles. The van der Waals surface area contributed by atoms with Gasteiger partial charge in [-0.05, 0) is 49.7 Å². The van der Waals surface area contributed by atoms with Gasteiger partial charge in [-0.15, -0.1) is 0 Å². The lowest BCUT2D eigenvalue weighted by molar-refractivity contribution is -0.156. The van der Waals surface area contributed by atoms with E-state index in [4.69, 9.17) is 21.1 Å². The molecule has 0 spiro atoms. The minimum atomic E-state index is -0.969. The molecule has 1 N–H and O–H groups in total. The van der Waals surface area contributed by atoms with Gasteiger partial charge in [-0.2, -0.15) is 0 Å². The number of hydrogen-bond donors (Lipinski definition) is 1. The van der Waals surface area contributed by atoms with E-state index in [9.17, 15) is 14.4 Å². The summed E-state index contributed by atoms with van der Waals surface area (Å²) in [6, 6.07) is 13.5. The summed E-state index contributed by atoms with van der Waals surface area (Å²) < 4.78 is 10.3. The first kappa shape index (κ1) is 20.5. The van der Waals surface area contributed by atoms with Gasteiger partial charge in [0.2, 0.25) is 0 Å². The van der Waals surface area contributed by atoms with Gasteiger partial charge in [-0.25, -0.2) is 4.79 Å². The van der Waals surface area contributed by atoms with E-state index < -0.39 is 18.0 Å². The molecule has 2 aromatic rings. The van der Waals surface area contributed by atoms with E-state index in [0.717, 1.165) is 5.56 Å². The van der Waals surface area contributed by atoms with Gasteiger partial charge in [0.05, 0.1) is 0 Å². The maximum Gasteiger partial charge on any atom is 0.344 e. The molecule has 0 unspecified atom stereocenters. The van der Waals surface area contributed by atoms with Crippen LogP contribution in [0.15, 0.2) is 48.5 Å². The van der Waals surface area contributed by atoms with Gasteiger partial charge >= 0.3 is 5.97 Å². The quantitative estimate of drug-likeness (QED) is 0.554. The van der Waals surface area contributed by atoms with Crippen LogP contribution in [-0.2, 0) is 20.9 Å². The number of carbonyl (C=O) groups excluding carboxylic acids is 3. The maximum atomic E-state index is 12.0. The predicted octanol–water partition coefficient (Wildman–Crippen LogP) is 3.17. The summed E-state index contributed by atoms with van der Waals surface area (Å²) in [6.45, 7) is 2.83. The maximum absolute atomic E-state index is 12.0. The summed E-state index contributed by atoms with van der Waals surface area (Å²) in [4.78, 5) is 35.1. The van der Waals surface area contributed by atoms with Crippen molar-refractivity contribution in [3.05, 3.63) is 64.7 Å². The highest BCUT2D eigenvalue weighted by atomic mass is 35.5. The van der Waals surface area contributed by atoms with E-state index in [1.165, 1.54) is 13.8 Å². The van der Waals surface area contributed by atoms with Crippen molar-refractivity contribution in [2.45, 2.75) is 26.5 Å². The van der Waals surface area contributed by atoms with Crippen LogP contribution in [0.4, 0.5) is 0 Å². The highest BCUT2D eigenvalue weighted by molar-refractivity contribution is 6.31. The molecule has 1 atom stereocenters. The average molecular weight is 390 g/mol. The second-order valence-corrected chi connectivity index (χ2v) is 6.22. The van der Waals surface area contributed by atoms with Gasteiger partial charge in [-0.1, -0.05) is 29.8 Å². The Morgan fingerprint density at radius 1 is 1.07 bits per heavy atom. The molecule has 2 rings (SSSR count). The van der Waals surface area contributed by atoms with Gasteiger partial charge < -0.3 is 14.8 Å². The average Bonchev–Trinajstić information content (AvgIpc) is 2.65. The van der Waals surface area contributed by atoms with Crippen molar-refractivity contribution in [1.82, 2.24) is 5.32 Å². The van der Waals surface area contributed by atoms with E-state index in [2.05, 4.69) is 5.32 Å². The first-order valence-electron chi connectivity index (χ1n) is 8.31. The number of benzene rings is 2. The lowest BCUT2D eigenvalue weighted by atomic mass is 10.1. The summed E-state index contributed by atoms with van der Waals surface area (Å²) in [6.07, 6.45) is -0.969. The number of nitrogens with one attached hydrogen (secondary N) is 1. The van der Waals surface area contributed by atoms with Crippen LogP contribution in [0.1, 0.15) is 29.8 Å². The molecule has 0 aliphatic carbocycles. The molecule has 0 aliphatic rings. The van der Waals surface area contributed by atoms with Crippen molar-refractivity contribution in [1.29, 1.82) is 0 Å². The molecule has 6 nitrogen and oxygen atoms in total. The third-order valence-electron chi connectivity index (χ3n) is 3.71. The number of hydrogen-bond acceptors (Lipinski definition) is 5. The monoisotopic (exact) mass is 389 g/mol. The second kappa shape index (κ2) is 9.73. The zero-order valence-electron chi connectivity index (χ0n) is 15.0. The standard InChI is InChI=1S/C20H20ClNO5/c1-13(23)15-7-9-17(10-8-15)26-12-19(24)27-14(2)20(25)22-11-16-5-3-4-6-18(16)21/h3-10,14H,11-12H2,1-2H3,(H,22,25)/t14-/m0/s1. The molecule has 0 saturated carbocycles. The molecule has 0 saturated heterocycles. The lowest BCUT2D eigenvalue weighted by Crippen LogP contribution is -2.36. The summed E-state index contributed by atoms with van der Waals surface area (Å²) in [5.74, 6) is -0.745. The SMILES string of the molecule is CC(=O)c1ccc(OCC(=O)O[C@@H](C)C(=O)NCc2ccccc2Cl)cc1. The Morgan fingerprint density at radius 2 is 1.74 bits per heavy atom. The number of rotatable bonds is 8. The molecular formula is C20H20ClNO5. The fourth-order valence-corrected chi connectivity index (χ4v) is 2.38. The molecule has 0 bridgehead atoms. The van der Waals surface area contributed by atoms with Crippen molar-refractivity contribution in [2.75, 3.05) is 6.61 Å². The first-order valence-corrected chi connectivity index (χ1v) is 8.69. The van der Waals surface area contributed by atoms with Gasteiger partial charge in [0.1, 0.15) is 5.75 Å². The largest absolute Gasteiger partial charge is 0.482 e. The number of ketones is 1. The van der Waals surface area contributed by atoms with E-state index in [0.29, 0.717) is 16.3 Å². The van der Waals surface area contributed by atoms with Crippen LogP contribution in [0, 0.1) is 0 Å². The molecule has 0 radical (unpaired) electrons. The third kappa shape index (κ3) is 6.42. The van der Waals surface area contributed by atoms with Crippen molar-refractivity contribution >= 4 is 29.3 Å². The Balaban J connectivity index is 1.76. The Bertz CT molecular complexity index is 819. The number of amides is 1. The van der Waals surface area contributed by atoms with E-state index >= 15 is 0 Å². The lowest BCUT2D eigenvalue weighted by Gasteiger charge is -2.14. The van der Waals surface area contributed by atoms with Crippen LogP contribution in [0.2, 0.25) is 5.02 Å². The molecule has 7 heteroatoms. The highest BCUT2D eigenvalue weighted by Crippen LogP contribution is 2.15. The Hall–Kier alpha value is -2.86. The molecular weight excluding hydrogens is 370 g/mol. The molecule has 0 aromatic heterocycles. The number of carbonyl (C=O) groups is 3. The van der Waals surface area contributed by atoms with Gasteiger partial charge in [0.15, 0.2) is 18.5 Å². The Labute approximate surface area is 162 Å². The Kier molecular flexibility index (Phi) is 7.37. The van der Waals surface area contributed by atoms with Crippen LogP contribution < -0.4 is 10.1 Å². The number of halogens is 1. The zero-order chi connectivity index (χ0) is 19.8. The molecule has 0 heterocycles. The molecule has 0 aliphatic heterocycles. The molecule has 1 amide bonds. The predicted molar refractivity (Wildman–Crippen MR) is 101 cm³/mol. The summed E-state index contributed by atoms with van der Waals surface area (Å²) in [7, 11) is 0. The summed E-state index contributed by atoms with van der Waals surface area (Å²) in [5, 5.41) is 3.21. The minimum Gasteiger partial charge on any atom is -0.482 e. The number of Topliss-reactive ketones (excluding diaryl/α,β-unsaturated/α-hetero) is 1. The second-order valence-electron chi connectivity index (χ2n) is 5.81. The van der Waals surface area contributed by atoms with E-state index in [1.807, 2.05) is 6.07 Å². The zero-order valence-corrected chi connectivity index (χ0v) is 15.8. The van der Waals surface area contributed by atoms with Gasteiger partial charge in [0.25, 0.3) is 5.91 Å². The van der Waals surface area contributed by atoms with Crippen LogP contribution in [-0.4, -0.2) is 30.4 Å². The first-order chi connectivity index (χ1) is 12.9. The summed E-state index contributed by atoms with van der Waals surface area (Å²) in [5.41, 5.74) is 1.32. The van der Waals surface area contributed by atoms with Crippen molar-refractivity contribution < 1.29 is 23.9 Å². The van der Waals surface area contributed by atoms with Crippen molar-refractivity contribution in [2.24, 2.45) is 0 Å². The molecule has 142 valence electrons. The van der Waals surface area contributed by atoms with Crippen LogP contribution in [0.3, 0.4) is 0 Å². The van der Waals surface area contributed by atoms with Gasteiger partial charge in [0, 0.05) is 17.1 Å². The topological polar surface area (TPSA) is 81.7 Å². The summed E-state index contributed by atoms with van der Waals surface area (Å²) >= 11 is 6.03. The van der Waals surface area contributed by atoms with Crippen molar-refractivity contribution in [3.8, 4) is 5.75 Å². The Morgan fingerprint density at radius 3 is 2.37 bits per heavy atom. The normalized spacial score (nSPS) is 11.4. The fraction of sp³-hybridized carbons (Fsp3) is 0.250.